The zero-order chi connectivity index (χ0) is 16.2. The molecule has 2 aromatic heterocycles. The van der Waals surface area contributed by atoms with Gasteiger partial charge in [-0.15, -0.1) is 0 Å². The molecule has 1 atom stereocenters. The topological polar surface area (TPSA) is 78.1 Å². The van der Waals surface area contributed by atoms with Crippen molar-refractivity contribution in [3.63, 3.8) is 0 Å². The fourth-order valence-corrected chi connectivity index (χ4v) is 3.51. The minimum absolute atomic E-state index is 0.0300. The van der Waals surface area contributed by atoms with Crippen molar-refractivity contribution in [2.45, 2.75) is 19.8 Å². The van der Waals surface area contributed by atoms with E-state index in [1.807, 2.05) is 28.7 Å². The Morgan fingerprint density at radius 2 is 2.39 bits per heavy atom. The van der Waals surface area contributed by atoms with E-state index in [2.05, 4.69) is 15.3 Å². The third-order valence-electron chi connectivity index (χ3n) is 4.17. The number of thiophene rings is 1. The fraction of sp³-hybridized carbons (Fsp3) is 0.438. The SMILES string of the molecule is Cc1[nH]cnc1C(=O)N1CCCC(CNC(=O)c2ccsc2)C1. The number of carbonyl (C=O) groups is 2. The summed E-state index contributed by atoms with van der Waals surface area (Å²) in [5, 5.41) is 6.70. The molecule has 1 saturated heterocycles. The van der Waals surface area contributed by atoms with E-state index in [9.17, 15) is 9.59 Å². The van der Waals surface area contributed by atoms with Gasteiger partial charge in [0.2, 0.25) is 0 Å². The van der Waals surface area contributed by atoms with Crippen molar-refractivity contribution < 1.29 is 9.59 Å². The first-order chi connectivity index (χ1) is 11.1. The van der Waals surface area contributed by atoms with Gasteiger partial charge in [-0.05, 0) is 37.1 Å². The highest BCUT2D eigenvalue weighted by molar-refractivity contribution is 7.08. The Labute approximate surface area is 138 Å². The molecular weight excluding hydrogens is 312 g/mol. The van der Waals surface area contributed by atoms with E-state index in [1.54, 1.807) is 6.33 Å². The van der Waals surface area contributed by atoms with Gasteiger partial charge in [0.15, 0.2) is 0 Å². The summed E-state index contributed by atoms with van der Waals surface area (Å²) >= 11 is 1.51. The molecule has 0 aromatic carbocycles. The minimum atomic E-state index is -0.0437. The molecule has 2 amide bonds. The van der Waals surface area contributed by atoms with Gasteiger partial charge in [0.1, 0.15) is 5.69 Å². The molecule has 3 rings (SSSR count). The quantitative estimate of drug-likeness (QED) is 0.899. The number of nitrogens with zero attached hydrogens (tertiary/aromatic N) is 2. The molecule has 2 N–H and O–H groups in total. The normalized spacial score (nSPS) is 18.0. The van der Waals surface area contributed by atoms with Crippen molar-refractivity contribution in [2.24, 2.45) is 5.92 Å². The Morgan fingerprint density at radius 3 is 3.09 bits per heavy atom. The number of likely N-dealkylation sites (tertiary alicyclic amines) is 1. The molecule has 0 saturated carbocycles. The second-order valence-electron chi connectivity index (χ2n) is 5.86. The van der Waals surface area contributed by atoms with Gasteiger partial charge in [0, 0.05) is 36.3 Å². The lowest BCUT2D eigenvalue weighted by atomic mass is 9.97. The van der Waals surface area contributed by atoms with Gasteiger partial charge in [-0.2, -0.15) is 11.3 Å². The number of rotatable bonds is 4. The zero-order valence-corrected chi connectivity index (χ0v) is 13.9. The number of aromatic nitrogens is 2. The summed E-state index contributed by atoms with van der Waals surface area (Å²) in [6.07, 6.45) is 3.52. The number of amides is 2. The van der Waals surface area contributed by atoms with Crippen LogP contribution in [0.3, 0.4) is 0 Å². The van der Waals surface area contributed by atoms with Gasteiger partial charge in [0.05, 0.1) is 6.33 Å². The van der Waals surface area contributed by atoms with Crippen molar-refractivity contribution in [2.75, 3.05) is 19.6 Å². The Hall–Kier alpha value is -2.15. The van der Waals surface area contributed by atoms with Crippen molar-refractivity contribution in [3.8, 4) is 0 Å². The Balaban J connectivity index is 1.55. The number of aromatic amines is 1. The lowest BCUT2D eigenvalue weighted by Crippen LogP contribution is -2.44. The van der Waals surface area contributed by atoms with Crippen LogP contribution >= 0.6 is 11.3 Å². The molecule has 122 valence electrons. The molecule has 2 aromatic rings. The molecule has 23 heavy (non-hydrogen) atoms. The van der Waals surface area contributed by atoms with Crippen LogP contribution in [-0.2, 0) is 0 Å². The van der Waals surface area contributed by atoms with Crippen molar-refractivity contribution in [1.82, 2.24) is 20.2 Å². The smallest absolute Gasteiger partial charge is 0.274 e. The summed E-state index contributed by atoms with van der Waals surface area (Å²) < 4.78 is 0. The monoisotopic (exact) mass is 332 g/mol. The number of nitrogens with one attached hydrogen (secondary N) is 2. The number of H-pyrrole nitrogens is 1. The first kappa shape index (κ1) is 15.7. The largest absolute Gasteiger partial charge is 0.352 e. The molecule has 3 heterocycles. The van der Waals surface area contributed by atoms with Gasteiger partial charge in [0.25, 0.3) is 11.8 Å². The molecule has 1 unspecified atom stereocenters. The van der Waals surface area contributed by atoms with Crippen LogP contribution < -0.4 is 5.32 Å². The number of imidazole rings is 1. The number of carbonyl (C=O) groups excluding carboxylic acids is 2. The van der Waals surface area contributed by atoms with E-state index in [-0.39, 0.29) is 17.7 Å². The maximum atomic E-state index is 12.5. The lowest BCUT2D eigenvalue weighted by Gasteiger charge is -2.32. The van der Waals surface area contributed by atoms with Crippen LogP contribution in [-0.4, -0.2) is 46.3 Å². The molecule has 6 nitrogen and oxygen atoms in total. The molecule has 1 aliphatic heterocycles. The average molecular weight is 332 g/mol. The van der Waals surface area contributed by atoms with Crippen molar-refractivity contribution in [3.05, 3.63) is 40.1 Å². The van der Waals surface area contributed by atoms with Crippen molar-refractivity contribution in [1.29, 1.82) is 0 Å². The van der Waals surface area contributed by atoms with Gasteiger partial charge < -0.3 is 15.2 Å². The van der Waals surface area contributed by atoms with Gasteiger partial charge in [-0.25, -0.2) is 4.98 Å². The molecular formula is C16H20N4O2S. The summed E-state index contributed by atoms with van der Waals surface area (Å²) in [5.41, 5.74) is 1.99. The highest BCUT2D eigenvalue weighted by Gasteiger charge is 2.26. The number of aryl methyl sites for hydroxylation is 1. The molecule has 7 heteroatoms. The molecule has 0 radical (unpaired) electrons. The summed E-state index contributed by atoms with van der Waals surface area (Å²) in [4.78, 5) is 33.4. The van der Waals surface area contributed by atoms with Crippen LogP contribution in [0.1, 0.15) is 39.4 Å². The molecule has 0 aliphatic carbocycles. The lowest BCUT2D eigenvalue weighted by molar-refractivity contribution is 0.0665. The van der Waals surface area contributed by atoms with E-state index in [4.69, 9.17) is 0 Å². The van der Waals surface area contributed by atoms with Gasteiger partial charge in [-0.1, -0.05) is 0 Å². The Morgan fingerprint density at radius 1 is 1.52 bits per heavy atom. The molecule has 0 spiro atoms. The highest BCUT2D eigenvalue weighted by Crippen LogP contribution is 2.18. The predicted molar refractivity (Wildman–Crippen MR) is 88.6 cm³/mol. The van der Waals surface area contributed by atoms with Crippen LogP contribution in [0.25, 0.3) is 0 Å². The highest BCUT2D eigenvalue weighted by atomic mass is 32.1. The average Bonchev–Trinajstić information content (AvgIpc) is 3.23. The predicted octanol–water partition coefficient (Wildman–Crippen LogP) is 2.06. The van der Waals surface area contributed by atoms with Crippen LogP contribution in [0, 0.1) is 12.8 Å². The summed E-state index contributed by atoms with van der Waals surface area (Å²) in [6.45, 7) is 3.86. The number of hydrogen-bond acceptors (Lipinski definition) is 4. The minimum Gasteiger partial charge on any atom is -0.352 e. The Bertz CT molecular complexity index is 680. The molecule has 0 bridgehead atoms. The maximum absolute atomic E-state index is 12.5. The van der Waals surface area contributed by atoms with E-state index in [0.29, 0.717) is 24.3 Å². The fourth-order valence-electron chi connectivity index (χ4n) is 2.87. The third kappa shape index (κ3) is 3.61. The van der Waals surface area contributed by atoms with Crippen LogP contribution in [0.5, 0.6) is 0 Å². The first-order valence-electron chi connectivity index (χ1n) is 7.75. The van der Waals surface area contributed by atoms with Crippen molar-refractivity contribution >= 4 is 23.2 Å². The third-order valence-corrected chi connectivity index (χ3v) is 4.86. The number of hydrogen-bond donors (Lipinski definition) is 2. The summed E-state index contributed by atoms with van der Waals surface area (Å²) in [5.74, 6) is 0.213. The van der Waals surface area contributed by atoms with Gasteiger partial charge >= 0.3 is 0 Å². The van der Waals surface area contributed by atoms with Crippen LogP contribution in [0.4, 0.5) is 0 Å². The van der Waals surface area contributed by atoms with Crippen LogP contribution in [0.15, 0.2) is 23.2 Å². The second-order valence-corrected chi connectivity index (χ2v) is 6.64. The van der Waals surface area contributed by atoms with E-state index in [1.165, 1.54) is 11.3 Å². The maximum Gasteiger partial charge on any atom is 0.274 e. The summed E-state index contributed by atoms with van der Waals surface area (Å²) in [7, 11) is 0. The Kier molecular flexibility index (Phi) is 4.76. The standard InChI is InChI=1S/C16H20N4O2S/c1-11-14(19-10-18-11)16(22)20-5-2-3-12(8-20)7-17-15(21)13-4-6-23-9-13/h4,6,9-10,12H,2-3,5,7-8H2,1H3,(H,17,21)(H,18,19). The number of piperidine rings is 1. The van der Waals surface area contributed by atoms with E-state index in [0.717, 1.165) is 25.1 Å². The summed E-state index contributed by atoms with van der Waals surface area (Å²) in [6, 6.07) is 1.82. The van der Waals surface area contributed by atoms with E-state index < -0.39 is 0 Å². The zero-order valence-electron chi connectivity index (χ0n) is 13.0. The molecule has 1 aliphatic rings. The molecule has 1 fully saturated rings. The van der Waals surface area contributed by atoms with E-state index >= 15 is 0 Å². The van der Waals surface area contributed by atoms with Crippen LogP contribution in [0.2, 0.25) is 0 Å². The van der Waals surface area contributed by atoms with Gasteiger partial charge in [-0.3, -0.25) is 9.59 Å². The second kappa shape index (κ2) is 6.95. The first-order valence-corrected chi connectivity index (χ1v) is 8.69.